The molecule has 0 radical (unpaired) electrons. The van der Waals surface area contributed by atoms with Crippen molar-refractivity contribution in [2.45, 2.75) is 18.9 Å². The Morgan fingerprint density at radius 1 is 1.33 bits per heavy atom. The van der Waals surface area contributed by atoms with Crippen LogP contribution in [0.5, 0.6) is 0 Å². The molecular weight excluding hydrogens is 222 g/mol. The van der Waals surface area contributed by atoms with E-state index in [-0.39, 0.29) is 0 Å². The molecule has 1 saturated heterocycles. The summed E-state index contributed by atoms with van der Waals surface area (Å²) in [4.78, 5) is 6.84. The molecule has 3 rings (SSSR count). The normalized spacial score (nSPS) is 20.3. The van der Waals surface area contributed by atoms with Crippen molar-refractivity contribution in [2.24, 2.45) is 0 Å². The topological polar surface area (TPSA) is 28.2 Å². The van der Waals surface area contributed by atoms with Gasteiger partial charge in [0, 0.05) is 36.4 Å². The van der Waals surface area contributed by atoms with E-state index in [1.54, 1.807) is 0 Å². The van der Waals surface area contributed by atoms with Gasteiger partial charge in [0.1, 0.15) is 0 Å². The molecule has 2 heterocycles. The number of pyridine rings is 1. The Morgan fingerprint density at radius 3 is 3.17 bits per heavy atom. The van der Waals surface area contributed by atoms with Gasteiger partial charge in [-0.2, -0.15) is 0 Å². The average Bonchev–Trinajstić information content (AvgIpc) is 2.47. The molecule has 1 aliphatic heterocycles. The summed E-state index contributed by atoms with van der Waals surface area (Å²) in [7, 11) is 2.05. The van der Waals surface area contributed by atoms with Crippen LogP contribution in [0.3, 0.4) is 0 Å². The molecule has 3 nitrogen and oxygen atoms in total. The van der Waals surface area contributed by atoms with Gasteiger partial charge in [0.05, 0.1) is 5.52 Å². The van der Waals surface area contributed by atoms with E-state index >= 15 is 0 Å². The van der Waals surface area contributed by atoms with Gasteiger partial charge in [0.2, 0.25) is 0 Å². The Labute approximate surface area is 108 Å². The number of hydrogen-bond acceptors (Lipinski definition) is 3. The lowest BCUT2D eigenvalue weighted by atomic mass is 10.0. The second-order valence-corrected chi connectivity index (χ2v) is 4.95. The first-order valence-corrected chi connectivity index (χ1v) is 6.64. The Morgan fingerprint density at radius 2 is 2.28 bits per heavy atom. The molecule has 1 aliphatic rings. The number of piperidine rings is 1. The SMILES string of the molecule is CNC1CCCN(c2ccc3ncccc3c2)C1. The molecule has 3 heteroatoms. The highest BCUT2D eigenvalue weighted by Crippen LogP contribution is 2.23. The van der Waals surface area contributed by atoms with Crippen LogP contribution < -0.4 is 10.2 Å². The third-order valence-electron chi connectivity index (χ3n) is 3.78. The summed E-state index contributed by atoms with van der Waals surface area (Å²) in [5.41, 5.74) is 2.39. The molecule has 0 bridgehead atoms. The molecule has 0 saturated carbocycles. The molecule has 1 atom stereocenters. The van der Waals surface area contributed by atoms with Crippen molar-refractivity contribution in [1.82, 2.24) is 10.3 Å². The zero-order chi connectivity index (χ0) is 12.4. The lowest BCUT2D eigenvalue weighted by Gasteiger charge is -2.34. The largest absolute Gasteiger partial charge is 0.370 e. The summed E-state index contributed by atoms with van der Waals surface area (Å²) in [6.07, 6.45) is 4.39. The van der Waals surface area contributed by atoms with Crippen molar-refractivity contribution in [1.29, 1.82) is 0 Å². The highest BCUT2D eigenvalue weighted by Gasteiger charge is 2.18. The van der Waals surface area contributed by atoms with E-state index in [0.29, 0.717) is 6.04 Å². The van der Waals surface area contributed by atoms with E-state index in [1.807, 2.05) is 12.3 Å². The Hall–Kier alpha value is -1.61. The minimum absolute atomic E-state index is 0.614. The fraction of sp³-hybridized carbons (Fsp3) is 0.400. The molecule has 2 aromatic rings. The number of rotatable bonds is 2. The van der Waals surface area contributed by atoms with Gasteiger partial charge in [-0.3, -0.25) is 4.98 Å². The summed E-state index contributed by atoms with van der Waals surface area (Å²) in [6, 6.07) is 11.3. The number of hydrogen-bond donors (Lipinski definition) is 1. The fourth-order valence-electron chi connectivity index (χ4n) is 2.71. The van der Waals surface area contributed by atoms with Crippen LogP contribution in [0.2, 0.25) is 0 Å². The minimum atomic E-state index is 0.614. The van der Waals surface area contributed by atoms with Crippen LogP contribution in [-0.4, -0.2) is 31.2 Å². The van der Waals surface area contributed by atoms with Crippen LogP contribution in [0.15, 0.2) is 36.5 Å². The van der Waals surface area contributed by atoms with Crippen molar-refractivity contribution in [3.05, 3.63) is 36.5 Å². The maximum atomic E-state index is 4.37. The molecule has 1 unspecified atom stereocenters. The van der Waals surface area contributed by atoms with Gasteiger partial charge in [-0.15, -0.1) is 0 Å². The molecule has 0 aliphatic carbocycles. The molecule has 1 aromatic heterocycles. The quantitative estimate of drug-likeness (QED) is 0.875. The second-order valence-electron chi connectivity index (χ2n) is 4.95. The van der Waals surface area contributed by atoms with E-state index in [9.17, 15) is 0 Å². The molecule has 1 N–H and O–H groups in total. The van der Waals surface area contributed by atoms with E-state index < -0.39 is 0 Å². The van der Waals surface area contributed by atoms with E-state index in [0.717, 1.165) is 18.6 Å². The lowest BCUT2D eigenvalue weighted by molar-refractivity contribution is 0.450. The van der Waals surface area contributed by atoms with Crippen LogP contribution in [0.4, 0.5) is 5.69 Å². The first-order valence-electron chi connectivity index (χ1n) is 6.64. The summed E-state index contributed by atoms with van der Waals surface area (Å²) < 4.78 is 0. The van der Waals surface area contributed by atoms with Crippen LogP contribution in [0.25, 0.3) is 10.9 Å². The van der Waals surface area contributed by atoms with Gasteiger partial charge in [-0.1, -0.05) is 6.07 Å². The van der Waals surface area contributed by atoms with Crippen molar-refractivity contribution in [3.8, 4) is 0 Å². The molecule has 0 amide bonds. The summed E-state index contributed by atoms with van der Waals surface area (Å²) in [5, 5.41) is 4.61. The first-order chi connectivity index (χ1) is 8.86. The number of nitrogens with one attached hydrogen (secondary N) is 1. The maximum Gasteiger partial charge on any atom is 0.0703 e. The van der Waals surface area contributed by atoms with Gasteiger partial charge in [-0.05, 0) is 44.2 Å². The zero-order valence-corrected chi connectivity index (χ0v) is 10.8. The van der Waals surface area contributed by atoms with Crippen LogP contribution in [0, 0.1) is 0 Å². The van der Waals surface area contributed by atoms with E-state index in [2.05, 4.69) is 46.5 Å². The molecular formula is C15H19N3. The van der Waals surface area contributed by atoms with Gasteiger partial charge in [0.15, 0.2) is 0 Å². The third-order valence-corrected chi connectivity index (χ3v) is 3.78. The Balaban J connectivity index is 1.89. The molecule has 94 valence electrons. The lowest BCUT2D eigenvalue weighted by Crippen LogP contribution is -2.44. The number of likely N-dealkylation sites (N-methyl/N-ethyl adjacent to an activating group) is 1. The fourth-order valence-corrected chi connectivity index (χ4v) is 2.71. The zero-order valence-electron chi connectivity index (χ0n) is 10.8. The van der Waals surface area contributed by atoms with Crippen LogP contribution in [-0.2, 0) is 0 Å². The average molecular weight is 241 g/mol. The van der Waals surface area contributed by atoms with Crippen LogP contribution >= 0.6 is 0 Å². The van der Waals surface area contributed by atoms with Crippen molar-refractivity contribution < 1.29 is 0 Å². The Kier molecular flexibility index (Phi) is 3.15. The smallest absolute Gasteiger partial charge is 0.0703 e. The van der Waals surface area contributed by atoms with Crippen molar-refractivity contribution >= 4 is 16.6 Å². The van der Waals surface area contributed by atoms with E-state index in [1.165, 1.54) is 23.9 Å². The maximum absolute atomic E-state index is 4.37. The number of anilines is 1. The second kappa shape index (κ2) is 4.94. The highest BCUT2D eigenvalue weighted by atomic mass is 15.2. The summed E-state index contributed by atoms with van der Waals surface area (Å²) in [6.45, 7) is 2.26. The predicted octanol–water partition coefficient (Wildman–Crippen LogP) is 2.42. The summed E-state index contributed by atoms with van der Waals surface area (Å²) >= 11 is 0. The van der Waals surface area contributed by atoms with Gasteiger partial charge < -0.3 is 10.2 Å². The van der Waals surface area contributed by atoms with Crippen molar-refractivity contribution in [3.63, 3.8) is 0 Å². The van der Waals surface area contributed by atoms with Gasteiger partial charge in [-0.25, -0.2) is 0 Å². The summed E-state index contributed by atoms with van der Waals surface area (Å²) in [5.74, 6) is 0. The molecule has 18 heavy (non-hydrogen) atoms. The minimum Gasteiger partial charge on any atom is -0.370 e. The Bertz CT molecular complexity index is 538. The molecule has 0 spiro atoms. The van der Waals surface area contributed by atoms with Gasteiger partial charge in [0.25, 0.3) is 0 Å². The highest BCUT2D eigenvalue weighted by molar-refractivity contribution is 5.82. The molecule has 1 aromatic carbocycles. The van der Waals surface area contributed by atoms with E-state index in [4.69, 9.17) is 0 Å². The van der Waals surface area contributed by atoms with Gasteiger partial charge >= 0.3 is 0 Å². The van der Waals surface area contributed by atoms with Crippen LogP contribution in [0.1, 0.15) is 12.8 Å². The standard InChI is InChI=1S/C15H19N3/c1-16-13-5-3-9-18(11-13)14-6-7-15-12(10-14)4-2-8-17-15/h2,4,6-8,10,13,16H,3,5,9,11H2,1H3. The first kappa shape index (κ1) is 11.5. The number of fused-ring (bicyclic) bond motifs is 1. The monoisotopic (exact) mass is 241 g/mol. The molecule has 1 fully saturated rings. The number of aromatic nitrogens is 1. The van der Waals surface area contributed by atoms with Crippen molar-refractivity contribution in [2.75, 3.05) is 25.0 Å². The third kappa shape index (κ3) is 2.18. The predicted molar refractivity (Wildman–Crippen MR) is 76.0 cm³/mol. The number of nitrogens with zero attached hydrogens (tertiary/aromatic N) is 2. The number of benzene rings is 1.